The van der Waals surface area contributed by atoms with Crippen LogP contribution in [0.1, 0.15) is 64.8 Å². The molecule has 160 valence electrons. The van der Waals surface area contributed by atoms with Gasteiger partial charge >= 0.3 is 0 Å². The summed E-state index contributed by atoms with van der Waals surface area (Å²) in [5.74, 6) is -1.07. The zero-order valence-corrected chi connectivity index (χ0v) is 17.0. The second-order valence-electron chi connectivity index (χ2n) is 8.34. The van der Waals surface area contributed by atoms with Gasteiger partial charge in [-0.25, -0.2) is 0 Å². The van der Waals surface area contributed by atoms with E-state index in [-0.39, 0.29) is 18.7 Å². The Labute approximate surface area is 175 Å². The summed E-state index contributed by atoms with van der Waals surface area (Å²) in [4.78, 5) is 50.1. The molecule has 8 nitrogen and oxygen atoms in total. The minimum Gasteiger partial charge on any atom is -0.317 e. The smallest absolute Gasteiger partial charge is 0.262 e. The molecule has 3 aliphatic rings. The standard InChI is InChI=1S/C22H28N4O4/c27-19-6-5-18(20(28)25-19)26-21(29)16-4-3-15(12-17(16)22(26)30)13-24-9-1-2-14-7-10-23-11-8-14/h3-4,12,14,18,23-24H,1-2,5-11,13H2,(H,25,27,28). The fraction of sp³-hybridized carbons (Fsp3) is 0.545. The molecule has 3 N–H and O–H groups in total. The van der Waals surface area contributed by atoms with Crippen molar-refractivity contribution in [2.24, 2.45) is 5.92 Å². The van der Waals surface area contributed by atoms with Crippen molar-refractivity contribution in [3.63, 3.8) is 0 Å². The Morgan fingerprint density at radius 1 is 1.00 bits per heavy atom. The second-order valence-corrected chi connectivity index (χ2v) is 8.34. The van der Waals surface area contributed by atoms with E-state index in [1.54, 1.807) is 12.1 Å². The number of carbonyl (C=O) groups excluding carboxylic acids is 4. The van der Waals surface area contributed by atoms with Crippen LogP contribution in [0.25, 0.3) is 0 Å². The third-order valence-corrected chi connectivity index (χ3v) is 6.26. The molecule has 0 aromatic heterocycles. The van der Waals surface area contributed by atoms with Crippen molar-refractivity contribution >= 4 is 23.6 Å². The summed E-state index contributed by atoms with van der Waals surface area (Å²) in [6.07, 6.45) is 5.15. The van der Waals surface area contributed by atoms with Gasteiger partial charge in [-0.05, 0) is 75.4 Å². The van der Waals surface area contributed by atoms with Crippen LogP contribution in [0, 0.1) is 5.92 Å². The Hall–Kier alpha value is -2.58. The Kier molecular flexibility index (Phi) is 6.24. The molecule has 1 unspecified atom stereocenters. The Balaban J connectivity index is 1.32. The molecule has 8 heteroatoms. The highest BCUT2D eigenvalue weighted by atomic mass is 16.2. The first-order valence-electron chi connectivity index (χ1n) is 10.8. The maximum atomic E-state index is 12.9. The molecule has 0 saturated carbocycles. The quantitative estimate of drug-likeness (QED) is 0.455. The van der Waals surface area contributed by atoms with E-state index in [1.807, 2.05) is 6.07 Å². The van der Waals surface area contributed by atoms with E-state index in [1.165, 1.54) is 19.3 Å². The number of carbonyl (C=O) groups is 4. The summed E-state index contributed by atoms with van der Waals surface area (Å²) in [7, 11) is 0. The van der Waals surface area contributed by atoms with Crippen molar-refractivity contribution in [3.05, 3.63) is 34.9 Å². The highest BCUT2D eigenvalue weighted by molar-refractivity contribution is 6.23. The molecule has 1 atom stereocenters. The van der Waals surface area contributed by atoms with Crippen LogP contribution in [0.2, 0.25) is 0 Å². The van der Waals surface area contributed by atoms with Crippen LogP contribution in [0.3, 0.4) is 0 Å². The average Bonchev–Trinajstić information content (AvgIpc) is 2.99. The molecule has 2 saturated heterocycles. The SMILES string of the molecule is O=C1CCC(N2C(=O)c3ccc(CNCCCC4CCNCC4)cc3C2=O)C(=O)N1. The van der Waals surface area contributed by atoms with Gasteiger partial charge in [-0.15, -0.1) is 0 Å². The molecule has 3 heterocycles. The van der Waals surface area contributed by atoms with Gasteiger partial charge in [0.05, 0.1) is 11.1 Å². The number of benzene rings is 1. The highest BCUT2D eigenvalue weighted by Gasteiger charge is 2.44. The van der Waals surface area contributed by atoms with Gasteiger partial charge in [-0.2, -0.15) is 0 Å². The van der Waals surface area contributed by atoms with E-state index < -0.39 is 23.8 Å². The molecule has 0 spiro atoms. The molecule has 0 aliphatic carbocycles. The van der Waals surface area contributed by atoms with E-state index in [0.717, 1.165) is 42.4 Å². The number of amides is 4. The normalized spacial score (nSPS) is 22.4. The van der Waals surface area contributed by atoms with Crippen LogP contribution in [0.15, 0.2) is 18.2 Å². The summed E-state index contributed by atoms with van der Waals surface area (Å²) in [6, 6.07) is 4.32. The number of hydrogen-bond donors (Lipinski definition) is 3. The number of imide groups is 2. The first-order chi connectivity index (χ1) is 14.5. The van der Waals surface area contributed by atoms with Crippen LogP contribution in [-0.2, 0) is 16.1 Å². The zero-order valence-electron chi connectivity index (χ0n) is 17.0. The minimum atomic E-state index is -0.924. The zero-order chi connectivity index (χ0) is 21.1. The fourth-order valence-corrected chi connectivity index (χ4v) is 4.55. The third-order valence-electron chi connectivity index (χ3n) is 6.26. The van der Waals surface area contributed by atoms with Gasteiger partial charge < -0.3 is 10.6 Å². The molecule has 4 amide bonds. The van der Waals surface area contributed by atoms with Gasteiger partial charge in [-0.3, -0.25) is 29.4 Å². The first kappa shape index (κ1) is 20.7. The Morgan fingerprint density at radius 3 is 2.53 bits per heavy atom. The molecule has 3 aliphatic heterocycles. The lowest BCUT2D eigenvalue weighted by Gasteiger charge is -2.27. The Morgan fingerprint density at radius 2 is 1.77 bits per heavy atom. The predicted molar refractivity (Wildman–Crippen MR) is 110 cm³/mol. The Bertz CT molecular complexity index is 863. The van der Waals surface area contributed by atoms with Gasteiger partial charge in [-0.1, -0.05) is 6.07 Å². The maximum absolute atomic E-state index is 12.9. The number of nitrogens with zero attached hydrogens (tertiary/aromatic N) is 1. The van der Waals surface area contributed by atoms with Gasteiger partial charge in [0.25, 0.3) is 11.8 Å². The lowest BCUT2D eigenvalue weighted by atomic mass is 9.93. The number of hydrogen-bond acceptors (Lipinski definition) is 6. The van der Waals surface area contributed by atoms with Crippen molar-refractivity contribution in [2.75, 3.05) is 19.6 Å². The molecule has 1 aromatic rings. The van der Waals surface area contributed by atoms with Crippen molar-refractivity contribution in [1.29, 1.82) is 0 Å². The molecule has 2 fully saturated rings. The third kappa shape index (κ3) is 4.29. The van der Waals surface area contributed by atoms with Crippen LogP contribution < -0.4 is 16.0 Å². The molecule has 4 rings (SSSR count). The van der Waals surface area contributed by atoms with Crippen molar-refractivity contribution in [2.45, 2.75) is 51.1 Å². The van der Waals surface area contributed by atoms with Crippen LogP contribution >= 0.6 is 0 Å². The molecule has 1 aromatic carbocycles. The van der Waals surface area contributed by atoms with E-state index in [0.29, 0.717) is 17.7 Å². The molecule has 30 heavy (non-hydrogen) atoms. The fourth-order valence-electron chi connectivity index (χ4n) is 4.55. The number of nitrogens with one attached hydrogen (secondary N) is 3. The second kappa shape index (κ2) is 9.06. The van der Waals surface area contributed by atoms with Gasteiger partial charge in [0.1, 0.15) is 6.04 Å². The van der Waals surface area contributed by atoms with Crippen LogP contribution in [-0.4, -0.2) is 54.2 Å². The van der Waals surface area contributed by atoms with E-state index in [2.05, 4.69) is 16.0 Å². The van der Waals surface area contributed by atoms with Crippen molar-refractivity contribution < 1.29 is 19.2 Å². The predicted octanol–water partition coefficient (Wildman–Crippen LogP) is 0.957. The van der Waals surface area contributed by atoms with E-state index in [4.69, 9.17) is 0 Å². The average molecular weight is 412 g/mol. The number of piperidine rings is 2. The summed E-state index contributed by atoms with van der Waals surface area (Å²) in [6.45, 7) is 3.78. The topological polar surface area (TPSA) is 108 Å². The largest absolute Gasteiger partial charge is 0.317 e. The highest BCUT2D eigenvalue weighted by Crippen LogP contribution is 2.28. The minimum absolute atomic E-state index is 0.121. The summed E-state index contributed by atoms with van der Waals surface area (Å²) < 4.78 is 0. The van der Waals surface area contributed by atoms with Gasteiger partial charge in [0.2, 0.25) is 11.8 Å². The number of fused-ring (bicyclic) bond motifs is 1. The molecular formula is C22H28N4O4. The van der Waals surface area contributed by atoms with Gasteiger partial charge in [0, 0.05) is 13.0 Å². The summed E-state index contributed by atoms with van der Waals surface area (Å²) >= 11 is 0. The summed E-state index contributed by atoms with van der Waals surface area (Å²) in [5.41, 5.74) is 1.58. The van der Waals surface area contributed by atoms with Crippen LogP contribution in [0.5, 0.6) is 0 Å². The van der Waals surface area contributed by atoms with Crippen LogP contribution in [0.4, 0.5) is 0 Å². The lowest BCUT2D eigenvalue weighted by molar-refractivity contribution is -0.136. The van der Waals surface area contributed by atoms with Gasteiger partial charge in [0.15, 0.2) is 0 Å². The van der Waals surface area contributed by atoms with E-state index in [9.17, 15) is 19.2 Å². The molecule has 0 bridgehead atoms. The maximum Gasteiger partial charge on any atom is 0.262 e. The van der Waals surface area contributed by atoms with Crippen molar-refractivity contribution in [1.82, 2.24) is 20.9 Å². The summed E-state index contributed by atoms with van der Waals surface area (Å²) in [5, 5.41) is 9.01. The first-order valence-corrected chi connectivity index (χ1v) is 10.8. The lowest BCUT2D eigenvalue weighted by Crippen LogP contribution is -2.54. The van der Waals surface area contributed by atoms with Crippen molar-refractivity contribution in [3.8, 4) is 0 Å². The number of rotatable bonds is 7. The van der Waals surface area contributed by atoms with E-state index >= 15 is 0 Å². The molecular weight excluding hydrogens is 384 g/mol. The monoisotopic (exact) mass is 412 g/mol. The molecule has 0 radical (unpaired) electrons.